The van der Waals surface area contributed by atoms with Crippen molar-refractivity contribution < 1.29 is 18.7 Å². The van der Waals surface area contributed by atoms with Crippen molar-refractivity contribution in [1.29, 1.82) is 0 Å². The van der Waals surface area contributed by atoms with Gasteiger partial charge >= 0.3 is 11.6 Å². The molecule has 0 fully saturated rings. The minimum atomic E-state index is -0.508. The lowest BCUT2D eigenvalue weighted by molar-refractivity contribution is -0.139. The van der Waals surface area contributed by atoms with E-state index in [1.807, 2.05) is 32.9 Å². The number of carbonyl (C=O) groups is 1. The average molecular weight is 304 g/mol. The number of hydrogen-bond acceptors (Lipinski definition) is 5. The van der Waals surface area contributed by atoms with Gasteiger partial charge in [-0.1, -0.05) is 6.92 Å². The van der Waals surface area contributed by atoms with Gasteiger partial charge in [-0.25, -0.2) is 4.79 Å². The van der Waals surface area contributed by atoms with Crippen molar-refractivity contribution in [3.05, 3.63) is 39.2 Å². The van der Waals surface area contributed by atoms with Gasteiger partial charge in [0.1, 0.15) is 11.3 Å². The fraction of sp³-hybridized carbons (Fsp3) is 0.412. The van der Waals surface area contributed by atoms with Crippen molar-refractivity contribution in [1.82, 2.24) is 0 Å². The molecule has 2 aromatic rings. The highest BCUT2D eigenvalue weighted by molar-refractivity contribution is 5.86. The van der Waals surface area contributed by atoms with Crippen LogP contribution < -0.4 is 10.4 Å². The van der Waals surface area contributed by atoms with Crippen LogP contribution in [0.15, 0.2) is 21.3 Å². The second-order valence-electron chi connectivity index (χ2n) is 5.16. The first-order valence-corrected chi connectivity index (χ1v) is 7.25. The van der Waals surface area contributed by atoms with Gasteiger partial charge in [0, 0.05) is 10.9 Å². The van der Waals surface area contributed by atoms with Crippen LogP contribution in [0.1, 0.15) is 30.0 Å². The number of fused-ring (bicyclic) bond motifs is 1. The van der Waals surface area contributed by atoms with Crippen LogP contribution in [-0.2, 0) is 16.0 Å². The molecule has 0 N–H and O–H groups in total. The van der Waals surface area contributed by atoms with Crippen LogP contribution >= 0.6 is 0 Å². The van der Waals surface area contributed by atoms with Crippen LogP contribution in [0.2, 0.25) is 0 Å². The van der Waals surface area contributed by atoms with Crippen LogP contribution in [0.5, 0.6) is 5.75 Å². The molecule has 22 heavy (non-hydrogen) atoms. The Morgan fingerprint density at radius 1 is 1.23 bits per heavy atom. The largest absolute Gasteiger partial charge is 0.493 e. The van der Waals surface area contributed by atoms with Crippen molar-refractivity contribution in [2.24, 2.45) is 0 Å². The fourth-order valence-electron chi connectivity index (χ4n) is 2.36. The van der Waals surface area contributed by atoms with E-state index >= 15 is 0 Å². The molecule has 2 rings (SSSR count). The molecule has 0 bridgehead atoms. The second kappa shape index (κ2) is 6.64. The summed E-state index contributed by atoms with van der Waals surface area (Å²) in [6.45, 7) is 6.30. The minimum absolute atomic E-state index is 0.0895. The van der Waals surface area contributed by atoms with Crippen LogP contribution in [0.4, 0.5) is 0 Å². The summed E-state index contributed by atoms with van der Waals surface area (Å²) in [6.07, 6.45) is 0.812. The van der Waals surface area contributed by atoms with Gasteiger partial charge in [-0.3, -0.25) is 4.79 Å². The van der Waals surface area contributed by atoms with E-state index in [0.29, 0.717) is 23.5 Å². The predicted octanol–water partition coefficient (Wildman–Crippen LogP) is 2.91. The summed E-state index contributed by atoms with van der Waals surface area (Å²) < 4.78 is 15.7. The Balaban J connectivity index is 2.58. The molecule has 0 saturated heterocycles. The number of hydrogen-bond donors (Lipinski definition) is 0. The van der Waals surface area contributed by atoms with Gasteiger partial charge in [0.05, 0.1) is 25.7 Å². The van der Waals surface area contributed by atoms with Crippen molar-refractivity contribution in [3.8, 4) is 5.75 Å². The highest BCUT2D eigenvalue weighted by atomic mass is 16.5. The van der Waals surface area contributed by atoms with E-state index in [0.717, 1.165) is 22.9 Å². The van der Waals surface area contributed by atoms with Gasteiger partial charge in [-0.15, -0.1) is 0 Å². The van der Waals surface area contributed by atoms with Gasteiger partial charge in [0.15, 0.2) is 0 Å². The van der Waals surface area contributed by atoms with E-state index in [2.05, 4.69) is 4.74 Å². The molecule has 5 heteroatoms. The quantitative estimate of drug-likeness (QED) is 0.627. The molecule has 0 atom stereocenters. The molecule has 118 valence electrons. The summed E-state index contributed by atoms with van der Waals surface area (Å²) in [5, 5.41) is 0.805. The Labute approximate surface area is 128 Å². The van der Waals surface area contributed by atoms with E-state index in [4.69, 9.17) is 9.15 Å². The second-order valence-corrected chi connectivity index (χ2v) is 5.16. The smallest absolute Gasteiger partial charge is 0.340 e. The van der Waals surface area contributed by atoms with E-state index in [1.54, 1.807) is 0 Å². The molecule has 5 nitrogen and oxygen atoms in total. The Morgan fingerprint density at radius 2 is 1.95 bits per heavy atom. The highest BCUT2D eigenvalue weighted by Gasteiger charge is 2.17. The van der Waals surface area contributed by atoms with Crippen molar-refractivity contribution in [2.45, 2.75) is 33.6 Å². The molecule has 0 radical (unpaired) electrons. The van der Waals surface area contributed by atoms with Crippen LogP contribution in [0, 0.1) is 13.8 Å². The first-order valence-electron chi connectivity index (χ1n) is 7.25. The first-order chi connectivity index (χ1) is 10.5. The molecule has 0 aliphatic rings. The van der Waals surface area contributed by atoms with Gasteiger partial charge in [-0.05, 0) is 38.0 Å². The van der Waals surface area contributed by atoms with Gasteiger partial charge in [0.2, 0.25) is 0 Å². The maximum absolute atomic E-state index is 12.2. The normalized spacial score (nSPS) is 10.7. The third-order valence-corrected chi connectivity index (χ3v) is 3.66. The third-order valence-electron chi connectivity index (χ3n) is 3.66. The lowest BCUT2D eigenvalue weighted by atomic mass is 10.0. The number of benzene rings is 1. The molecule has 1 aromatic heterocycles. The number of carbonyl (C=O) groups excluding carboxylic acids is 1. The zero-order valence-corrected chi connectivity index (χ0v) is 13.3. The summed E-state index contributed by atoms with van der Waals surface area (Å²) in [4.78, 5) is 23.6. The highest BCUT2D eigenvalue weighted by Crippen LogP contribution is 2.29. The molecular formula is C17H20O5. The maximum atomic E-state index is 12.2. The Kier molecular flexibility index (Phi) is 4.85. The first kappa shape index (κ1) is 16.1. The van der Waals surface area contributed by atoms with E-state index in [9.17, 15) is 9.59 Å². The van der Waals surface area contributed by atoms with E-state index < -0.39 is 11.6 Å². The molecule has 0 aliphatic carbocycles. The minimum Gasteiger partial charge on any atom is -0.493 e. The van der Waals surface area contributed by atoms with Gasteiger partial charge in [-0.2, -0.15) is 0 Å². The van der Waals surface area contributed by atoms with Crippen LogP contribution in [0.3, 0.4) is 0 Å². The number of ether oxygens (including phenoxy) is 2. The Bertz CT molecular complexity index is 758. The van der Waals surface area contributed by atoms with Crippen LogP contribution in [-0.4, -0.2) is 19.7 Å². The Hall–Kier alpha value is -2.30. The lowest BCUT2D eigenvalue weighted by Gasteiger charge is -2.12. The number of aryl methyl sites for hydroxylation is 2. The third kappa shape index (κ3) is 2.98. The fourth-order valence-corrected chi connectivity index (χ4v) is 2.36. The predicted molar refractivity (Wildman–Crippen MR) is 83.5 cm³/mol. The van der Waals surface area contributed by atoms with Crippen molar-refractivity contribution in [2.75, 3.05) is 13.7 Å². The van der Waals surface area contributed by atoms with E-state index in [1.165, 1.54) is 7.11 Å². The summed E-state index contributed by atoms with van der Waals surface area (Å²) in [6, 6.07) is 3.72. The zero-order chi connectivity index (χ0) is 16.3. The molecular weight excluding hydrogens is 284 g/mol. The molecule has 0 aliphatic heterocycles. The standard InChI is InChI=1S/C17H20O5/c1-5-8-21-14-7-6-12-10(2)13(9-15(18)20-4)17(19)22-16(12)11(14)3/h6-7H,5,8-9H2,1-4H3. The molecule has 1 aromatic carbocycles. The number of esters is 1. The maximum Gasteiger partial charge on any atom is 0.340 e. The molecule has 0 saturated carbocycles. The monoisotopic (exact) mass is 304 g/mol. The molecule has 0 unspecified atom stereocenters. The summed E-state index contributed by atoms with van der Waals surface area (Å²) in [5.41, 5.74) is 1.86. The van der Waals surface area contributed by atoms with Crippen molar-refractivity contribution >= 4 is 16.9 Å². The number of rotatable bonds is 5. The summed E-state index contributed by atoms with van der Waals surface area (Å²) >= 11 is 0. The Morgan fingerprint density at radius 3 is 2.59 bits per heavy atom. The number of methoxy groups -OCH3 is 1. The van der Waals surface area contributed by atoms with Crippen molar-refractivity contribution in [3.63, 3.8) is 0 Å². The SMILES string of the molecule is CCCOc1ccc2c(C)c(CC(=O)OC)c(=O)oc2c1C. The zero-order valence-electron chi connectivity index (χ0n) is 13.3. The molecule has 1 heterocycles. The average Bonchev–Trinajstić information content (AvgIpc) is 2.51. The van der Waals surface area contributed by atoms with Crippen LogP contribution in [0.25, 0.3) is 11.0 Å². The summed E-state index contributed by atoms with van der Waals surface area (Å²) in [5.74, 6) is 0.243. The van der Waals surface area contributed by atoms with Gasteiger partial charge < -0.3 is 13.9 Å². The van der Waals surface area contributed by atoms with E-state index in [-0.39, 0.29) is 6.42 Å². The lowest BCUT2D eigenvalue weighted by Crippen LogP contribution is -2.16. The summed E-state index contributed by atoms with van der Waals surface area (Å²) in [7, 11) is 1.29. The molecule has 0 spiro atoms. The topological polar surface area (TPSA) is 65.7 Å². The van der Waals surface area contributed by atoms with Gasteiger partial charge in [0.25, 0.3) is 0 Å². The molecule has 0 amide bonds.